The molecule has 1 aliphatic heterocycles. The molecule has 1 saturated carbocycles. The fraction of sp³-hybridized carbons (Fsp3) is 0.929. The molecule has 0 aromatic heterocycles. The Labute approximate surface area is 111 Å². The van der Waals surface area contributed by atoms with Crippen molar-refractivity contribution in [1.82, 2.24) is 15.1 Å². The summed E-state index contributed by atoms with van der Waals surface area (Å²) in [6.07, 6.45) is 3.66. The number of carbonyl (C=O) groups is 1. The van der Waals surface area contributed by atoms with Crippen molar-refractivity contribution in [1.29, 1.82) is 0 Å². The van der Waals surface area contributed by atoms with Crippen molar-refractivity contribution in [2.24, 2.45) is 5.41 Å². The van der Waals surface area contributed by atoms with Gasteiger partial charge in [0.1, 0.15) is 0 Å². The van der Waals surface area contributed by atoms with Crippen molar-refractivity contribution >= 4 is 5.91 Å². The largest absolute Gasteiger partial charge is 0.348 e. The molecule has 1 amide bonds. The van der Waals surface area contributed by atoms with Crippen LogP contribution in [0.3, 0.4) is 0 Å². The standard InChI is InChI=1S/C14H27N3O/c1-14(2)9-12(14)15-11-5-7-17(8-6-11)10-13(18)16(3)4/h11-12,15H,5-10H2,1-4H3. The van der Waals surface area contributed by atoms with Crippen molar-refractivity contribution < 1.29 is 4.79 Å². The Balaban J connectivity index is 1.67. The number of nitrogens with zero attached hydrogens (tertiary/aromatic N) is 2. The first-order valence-electron chi connectivity index (χ1n) is 7.07. The number of likely N-dealkylation sites (tertiary alicyclic amines) is 1. The minimum absolute atomic E-state index is 0.213. The van der Waals surface area contributed by atoms with Gasteiger partial charge < -0.3 is 10.2 Å². The number of piperidine rings is 1. The molecule has 0 aromatic carbocycles. The van der Waals surface area contributed by atoms with E-state index in [2.05, 4.69) is 24.1 Å². The van der Waals surface area contributed by atoms with E-state index < -0.39 is 0 Å². The number of nitrogens with one attached hydrogen (secondary N) is 1. The molecule has 4 nitrogen and oxygen atoms in total. The first-order chi connectivity index (χ1) is 8.38. The second kappa shape index (κ2) is 5.17. The lowest BCUT2D eigenvalue weighted by Gasteiger charge is -2.33. The highest BCUT2D eigenvalue weighted by Gasteiger charge is 2.46. The second-order valence-corrected chi connectivity index (χ2v) is 6.75. The zero-order valence-electron chi connectivity index (χ0n) is 12.2. The number of amides is 1. The van der Waals surface area contributed by atoms with Crippen LogP contribution < -0.4 is 5.32 Å². The molecular formula is C14H27N3O. The molecule has 1 heterocycles. The van der Waals surface area contributed by atoms with Crippen molar-refractivity contribution in [3.05, 3.63) is 0 Å². The molecule has 2 rings (SSSR count). The maximum Gasteiger partial charge on any atom is 0.236 e. The average Bonchev–Trinajstić information content (AvgIpc) is 2.88. The van der Waals surface area contributed by atoms with E-state index in [1.165, 1.54) is 19.3 Å². The Bertz CT molecular complexity index is 306. The van der Waals surface area contributed by atoms with Crippen LogP contribution in [-0.4, -0.2) is 61.5 Å². The number of hydrogen-bond donors (Lipinski definition) is 1. The summed E-state index contributed by atoms with van der Waals surface area (Å²) in [6.45, 7) is 7.33. The molecule has 0 spiro atoms. The van der Waals surface area contributed by atoms with E-state index in [1.807, 2.05) is 14.1 Å². The topological polar surface area (TPSA) is 35.6 Å². The number of likely N-dealkylation sites (N-methyl/N-ethyl adjacent to an activating group) is 1. The Morgan fingerprint density at radius 1 is 1.33 bits per heavy atom. The molecule has 2 fully saturated rings. The van der Waals surface area contributed by atoms with Gasteiger partial charge in [-0.25, -0.2) is 0 Å². The highest BCUT2D eigenvalue weighted by Crippen LogP contribution is 2.45. The van der Waals surface area contributed by atoms with Crippen LogP contribution in [0.4, 0.5) is 0 Å². The average molecular weight is 253 g/mol. The highest BCUT2D eigenvalue weighted by molar-refractivity contribution is 5.77. The van der Waals surface area contributed by atoms with Crippen molar-refractivity contribution in [3.8, 4) is 0 Å². The normalized spacial score (nSPS) is 28.1. The van der Waals surface area contributed by atoms with Gasteiger partial charge in [-0.3, -0.25) is 9.69 Å². The first kappa shape index (κ1) is 13.8. The molecule has 4 heteroatoms. The SMILES string of the molecule is CN(C)C(=O)CN1CCC(NC2CC2(C)C)CC1. The molecule has 18 heavy (non-hydrogen) atoms. The maximum atomic E-state index is 11.6. The van der Waals surface area contributed by atoms with E-state index in [1.54, 1.807) is 4.90 Å². The quantitative estimate of drug-likeness (QED) is 0.809. The van der Waals surface area contributed by atoms with Crippen molar-refractivity contribution in [2.45, 2.75) is 45.2 Å². The van der Waals surface area contributed by atoms with Crippen LogP contribution in [0.5, 0.6) is 0 Å². The lowest BCUT2D eigenvalue weighted by Crippen LogP contribution is -2.46. The summed E-state index contributed by atoms with van der Waals surface area (Å²) >= 11 is 0. The molecule has 1 aliphatic carbocycles. The number of hydrogen-bond acceptors (Lipinski definition) is 3. The van der Waals surface area contributed by atoms with Gasteiger partial charge in [-0.05, 0) is 24.7 Å². The Hall–Kier alpha value is -0.610. The summed E-state index contributed by atoms with van der Waals surface area (Å²) in [6, 6.07) is 1.37. The van der Waals surface area contributed by atoms with Crippen LogP contribution in [0.2, 0.25) is 0 Å². The van der Waals surface area contributed by atoms with Crippen LogP contribution in [0.25, 0.3) is 0 Å². The summed E-state index contributed by atoms with van der Waals surface area (Å²) in [5, 5.41) is 3.76. The fourth-order valence-electron chi connectivity index (χ4n) is 2.63. The zero-order valence-corrected chi connectivity index (χ0v) is 12.2. The third-order valence-corrected chi connectivity index (χ3v) is 4.40. The van der Waals surface area contributed by atoms with E-state index in [-0.39, 0.29) is 5.91 Å². The van der Waals surface area contributed by atoms with E-state index in [0.29, 0.717) is 18.0 Å². The highest BCUT2D eigenvalue weighted by atomic mass is 16.2. The van der Waals surface area contributed by atoms with Gasteiger partial charge in [-0.2, -0.15) is 0 Å². The van der Waals surface area contributed by atoms with Gasteiger partial charge in [0.2, 0.25) is 5.91 Å². The van der Waals surface area contributed by atoms with Gasteiger partial charge in [0, 0.05) is 39.3 Å². The fourth-order valence-corrected chi connectivity index (χ4v) is 2.63. The van der Waals surface area contributed by atoms with Crippen molar-refractivity contribution in [3.63, 3.8) is 0 Å². The lowest BCUT2D eigenvalue weighted by molar-refractivity contribution is -0.130. The zero-order chi connectivity index (χ0) is 13.3. The number of rotatable bonds is 4. The predicted octanol–water partition coefficient (Wildman–Crippen LogP) is 0.927. The van der Waals surface area contributed by atoms with Crippen LogP contribution in [0.15, 0.2) is 0 Å². The monoisotopic (exact) mass is 253 g/mol. The first-order valence-corrected chi connectivity index (χ1v) is 7.07. The summed E-state index contributed by atoms with van der Waals surface area (Å²) in [5.74, 6) is 0.213. The van der Waals surface area contributed by atoms with Gasteiger partial charge in [0.15, 0.2) is 0 Å². The van der Waals surface area contributed by atoms with Gasteiger partial charge in [0.05, 0.1) is 6.54 Å². The minimum atomic E-state index is 0.213. The molecule has 2 aliphatic rings. The van der Waals surface area contributed by atoms with E-state index in [9.17, 15) is 4.79 Å². The summed E-state index contributed by atoms with van der Waals surface area (Å²) in [5.41, 5.74) is 0.512. The second-order valence-electron chi connectivity index (χ2n) is 6.75. The molecular weight excluding hydrogens is 226 g/mol. The van der Waals surface area contributed by atoms with E-state index >= 15 is 0 Å². The number of carbonyl (C=O) groups excluding carboxylic acids is 1. The molecule has 1 atom stereocenters. The molecule has 1 N–H and O–H groups in total. The minimum Gasteiger partial charge on any atom is -0.348 e. The summed E-state index contributed by atoms with van der Waals surface area (Å²) < 4.78 is 0. The van der Waals surface area contributed by atoms with Gasteiger partial charge in [-0.1, -0.05) is 13.8 Å². The predicted molar refractivity (Wildman–Crippen MR) is 73.5 cm³/mol. The molecule has 0 bridgehead atoms. The van der Waals surface area contributed by atoms with E-state index in [0.717, 1.165) is 19.1 Å². The van der Waals surface area contributed by atoms with Crippen LogP contribution >= 0.6 is 0 Å². The Kier molecular flexibility index (Phi) is 3.97. The van der Waals surface area contributed by atoms with Crippen LogP contribution in [-0.2, 0) is 4.79 Å². The Morgan fingerprint density at radius 3 is 2.33 bits per heavy atom. The molecule has 1 unspecified atom stereocenters. The van der Waals surface area contributed by atoms with Gasteiger partial charge in [-0.15, -0.1) is 0 Å². The molecule has 1 saturated heterocycles. The van der Waals surface area contributed by atoms with Gasteiger partial charge in [0.25, 0.3) is 0 Å². The maximum absolute atomic E-state index is 11.6. The Morgan fingerprint density at radius 2 is 1.89 bits per heavy atom. The van der Waals surface area contributed by atoms with Crippen LogP contribution in [0.1, 0.15) is 33.1 Å². The van der Waals surface area contributed by atoms with Crippen molar-refractivity contribution in [2.75, 3.05) is 33.7 Å². The smallest absolute Gasteiger partial charge is 0.236 e. The van der Waals surface area contributed by atoms with Crippen LogP contribution in [0, 0.1) is 5.41 Å². The summed E-state index contributed by atoms with van der Waals surface area (Å²) in [4.78, 5) is 15.6. The molecule has 104 valence electrons. The molecule has 0 radical (unpaired) electrons. The lowest BCUT2D eigenvalue weighted by atomic mass is 10.0. The third-order valence-electron chi connectivity index (χ3n) is 4.40. The van der Waals surface area contributed by atoms with Gasteiger partial charge >= 0.3 is 0 Å². The molecule has 0 aromatic rings. The summed E-state index contributed by atoms with van der Waals surface area (Å²) in [7, 11) is 3.65. The van der Waals surface area contributed by atoms with E-state index in [4.69, 9.17) is 0 Å². The third kappa shape index (κ3) is 3.45.